The van der Waals surface area contributed by atoms with Gasteiger partial charge in [0.1, 0.15) is 11.3 Å². The average molecular weight is 313 g/mol. The first kappa shape index (κ1) is 15.1. The van der Waals surface area contributed by atoms with Gasteiger partial charge in [0, 0.05) is 18.3 Å². The van der Waals surface area contributed by atoms with Gasteiger partial charge in [-0.1, -0.05) is 0 Å². The van der Waals surface area contributed by atoms with Gasteiger partial charge >= 0.3 is 0 Å². The van der Waals surface area contributed by atoms with E-state index in [1.807, 2.05) is 12.3 Å². The zero-order valence-electron chi connectivity index (χ0n) is 14.2. The number of piperidine rings is 1. The molecule has 5 heteroatoms. The van der Waals surface area contributed by atoms with E-state index in [1.165, 1.54) is 38.1 Å². The SMILES string of the molecule is CC(C)N1CCCC1c1nc2cccnc2n1C1CCNCC1. The molecule has 1 unspecified atom stereocenters. The van der Waals surface area contributed by atoms with Gasteiger partial charge in [-0.25, -0.2) is 9.97 Å². The van der Waals surface area contributed by atoms with Crippen molar-refractivity contribution < 1.29 is 0 Å². The van der Waals surface area contributed by atoms with E-state index >= 15 is 0 Å². The molecule has 5 nitrogen and oxygen atoms in total. The van der Waals surface area contributed by atoms with Crippen molar-refractivity contribution in [1.82, 2.24) is 24.8 Å². The highest BCUT2D eigenvalue weighted by atomic mass is 15.3. The number of nitrogens with zero attached hydrogens (tertiary/aromatic N) is 4. The Bertz CT molecular complexity index is 671. The summed E-state index contributed by atoms with van der Waals surface area (Å²) in [6, 6.07) is 5.65. The highest BCUT2D eigenvalue weighted by Crippen LogP contribution is 2.37. The fourth-order valence-electron chi connectivity index (χ4n) is 4.29. The first-order chi connectivity index (χ1) is 11.3. The number of pyridine rings is 1. The van der Waals surface area contributed by atoms with Gasteiger partial charge in [-0.2, -0.15) is 0 Å². The topological polar surface area (TPSA) is 46.0 Å². The number of aromatic nitrogens is 3. The van der Waals surface area contributed by atoms with Gasteiger partial charge in [0.2, 0.25) is 0 Å². The third-order valence-electron chi connectivity index (χ3n) is 5.41. The fourth-order valence-corrected chi connectivity index (χ4v) is 4.29. The quantitative estimate of drug-likeness (QED) is 0.946. The average Bonchev–Trinajstić information content (AvgIpc) is 3.20. The predicted octanol–water partition coefficient (Wildman–Crippen LogP) is 2.90. The van der Waals surface area contributed by atoms with Crippen LogP contribution in [0.2, 0.25) is 0 Å². The summed E-state index contributed by atoms with van der Waals surface area (Å²) in [5.74, 6) is 1.25. The van der Waals surface area contributed by atoms with Crippen molar-refractivity contribution in [2.45, 2.75) is 57.7 Å². The number of nitrogens with one attached hydrogen (secondary N) is 1. The molecule has 2 fully saturated rings. The van der Waals surface area contributed by atoms with Crippen LogP contribution in [0.5, 0.6) is 0 Å². The van der Waals surface area contributed by atoms with Crippen LogP contribution in [0.1, 0.15) is 57.4 Å². The molecule has 0 amide bonds. The fraction of sp³-hybridized carbons (Fsp3) is 0.667. The molecule has 0 radical (unpaired) electrons. The van der Waals surface area contributed by atoms with Crippen LogP contribution in [0.25, 0.3) is 11.2 Å². The van der Waals surface area contributed by atoms with Crippen LogP contribution in [0.15, 0.2) is 18.3 Å². The molecule has 4 rings (SSSR count). The lowest BCUT2D eigenvalue weighted by atomic mass is 10.1. The van der Waals surface area contributed by atoms with Crippen LogP contribution in [-0.2, 0) is 0 Å². The minimum atomic E-state index is 0.444. The Morgan fingerprint density at radius 3 is 2.83 bits per heavy atom. The van der Waals surface area contributed by atoms with E-state index in [1.54, 1.807) is 0 Å². The monoisotopic (exact) mass is 313 g/mol. The van der Waals surface area contributed by atoms with Gasteiger partial charge in [0.25, 0.3) is 0 Å². The van der Waals surface area contributed by atoms with Crippen molar-refractivity contribution in [2.75, 3.05) is 19.6 Å². The van der Waals surface area contributed by atoms with Crippen molar-refractivity contribution in [3.8, 4) is 0 Å². The molecular weight excluding hydrogens is 286 g/mol. The molecule has 1 atom stereocenters. The zero-order valence-corrected chi connectivity index (χ0v) is 14.2. The van der Waals surface area contributed by atoms with Gasteiger partial charge in [0.05, 0.1) is 6.04 Å². The molecule has 124 valence electrons. The molecule has 0 aromatic carbocycles. The summed E-state index contributed by atoms with van der Waals surface area (Å²) in [5.41, 5.74) is 2.13. The van der Waals surface area contributed by atoms with E-state index in [0.717, 1.165) is 24.3 Å². The lowest BCUT2D eigenvalue weighted by Crippen LogP contribution is -2.34. The normalized spacial score (nSPS) is 24.0. The molecule has 1 N–H and O–H groups in total. The molecule has 2 aliphatic heterocycles. The zero-order chi connectivity index (χ0) is 15.8. The Hall–Kier alpha value is -1.46. The maximum atomic E-state index is 5.04. The van der Waals surface area contributed by atoms with Crippen molar-refractivity contribution in [2.24, 2.45) is 0 Å². The number of likely N-dealkylation sites (tertiary alicyclic amines) is 1. The number of hydrogen-bond acceptors (Lipinski definition) is 4. The van der Waals surface area contributed by atoms with Gasteiger partial charge in [-0.3, -0.25) is 4.90 Å². The molecule has 2 aromatic heterocycles. The van der Waals surface area contributed by atoms with E-state index in [2.05, 4.69) is 39.7 Å². The van der Waals surface area contributed by atoms with Crippen LogP contribution in [-0.4, -0.2) is 45.1 Å². The molecule has 2 saturated heterocycles. The number of imidazole rings is 1. The second-order valence-corrected chi connectivity index (χ2v) is 7.16. The van der Waals surface area contributed by atoms with Crippen LogP contribution >= 0.6 is 0 Å². The van der Waals surface area contributed by atoms with E-state index in [-0.39, 0.29) is 0 Å². The first-order valence-corrected chi connectivity index (χ1v) is 9.05. The van der Waals surface area contributed by atoms with Crippen LogP contribution in [0.4, 0.5) is 0 Å². The molecule has 2 aliphatic rings. The molecule has 2 aromatic rings. The number of hydrogen-bond donors (Lipinski definition) is 1. The van der Waals surface area contributed by atoms with Gasteiger partial charge in [-0.15, -0.1) is 0 Å². The molecule has 4 heterocycles. The van der Waals surface area contributed by atoms with Gasteiger partial charge < -0.3 is 9.88 Å². The second kappa shape index (κ2) is 6.21. The molecule has 23 heavy (non-hydrogen) atoms. The van der Waals surface area contributed by atoms with Crippen LogP contribution in [0, 0.1) is 0 Å². The molecule has 0 bridgehead atoms. The largest absolute Gasteiger partial charge is 0.317 e. The summed E-state index contributed by atoms with van der Waals surface area (Å²) in [5, 5.41) is 3.48. The Balaban J connectivity index is 1.81. The smallest absolute Gasteiger partial charge is 0.160 e. The number of rotatable bonds is 3. The van der Waals surface area contributed by atoms with Crippen molar-refractivity contribution >= 4 is 11.2 Å². The maximum Gasteiger partial charge on any atom is 0.160 e. The highest BCUT2D eigenvalue weighted by Gasteiger charge is 2.34. The molecule has 0 aliphatic carbocycles. The minimum Gasteiger partial charge on any atom is -0.317 e. The van der Waals surface area contributed by atoms with Crippen LogP contribution in [0.3, 0.4) is 0 Å². The second-order valence-electron chi connectivity index (χ2n) is 7.16. The summed E-state index contributed by atoms with van der Waals surface area (Å²) in [4.78, 5) is 12.3. The summed E-state index contributed by atoms with van der Waals surface area (Å²) in [6.07, 6.45) is 6.73. The Labute approximate surface area is 138 Å². The van der Waals surface area contributed by atoms with E-state index in [0.29, 0.717) is 18.1 Å². The standard InChI is InChI=1S/C18H27N5/c1-13(2)22-12-4-6-16(22)18-21-15-5-3-9-20-17(15)23(18)14-7-10-19-11-8-14/h3,5,9,13-14,16,19H,4,6-8,10-12H2,1-2H3. The number of fused-ring (bicyclic) bond motifs is 1. The van der Waals surface area contributed by atoms with Crippen LogP contribution < -0.4 is 5.32 Å². The summed E-state index contributed by atoms with van der Waals surface area (Å²) in [6.45, 7) is 7.97. The van der Waals surface area contributed by atoms with E-state index < -0.39 is 0 Å². The summed E-state index contributed by atoms with van der Waals surface area (Å²) in [7, 11) is 0. The lowest BCUT2D eigenvalue weighted by molar-refractivity contribution is 0.191. The summed E-state index contributed by atoms with van der Waals surface area (Å²) < 4.78 is 2.47. The molecule has 0 saturated carbocycles. The first-order valence-electron chi connectivity index (χ1n) is 9.05. The van der Waals surface area contributed by atoms with E-state index in [9.17, 15) is 0 Å². The lowest BCUT2D eigenvalue weighted by Gasteiger charge is -2.31. The van der Waals surface area contributed by atoms with Crippen molar-refractivity contribution in [3.05, 3.63) is 24.2 Å². The van der Waals surface area contributed by atoms with Gasteiger partial charge in [-0.05, 0) is 71.3 Å². The molecular formula is C18H27N5. The van der Waals surface area contributed by atoms with Crippen molar-refractivity contribution in [1.29, 1.82) is 0 Å². The third-order valence-corrected chi connectivity index (χ3v) is 5.41. The maximum absolute atomic E-state index is 5.04. The van der Waals surface area contributed by atoms with Gasteiger partial charge in [0.15, 0.2) is 5.65 Å². The predicted molar refractivity (Wildman–Crippen MR) is 92.5 cm³/mol. The van der Waals surface area contributed by atoms with E-state index in [4.69, 9.17) is 4.98 Å². The third kappa shape index (κ3) is 2.66. The Morgan fingerprint density at radius 1 is 1.22 bits per heavy atom. The Morgan fingerprint density at radius 2 is 2.04 bits per heavy atom. The summed E-state index contributed by atoms with van der Waals surface area (Å²) >= 11 is 0. The minimum absolute atomic E-state index is 0.444. The Kier molecular flexibility index (Phi) is 4.07. The van der Waals surface area contributed by atoms with Crippen molar-refractivity contribution in [3.63, 3.8) is 0 Å². The highest BCUT2D eigenvalue weighted by molar-refractivity contribution is 5.71. The molecule has 0 spiro atoms.